The minimum atomic E-state index is 0.0989. The first-order valence-electron chi connectivity index (χ1n) is 6.91. The van der Waals surface area contributed by atoms with Gasteiger partial charge in [0.1, 0.15) is 0 Å². The Morgan fingerprint density at radius 1 is 1.61 bits per heavy atom. The van der Waals surface area contributed by atoms with E-state index in [9.17, 15) is 4.79 Å². The summed E-state index contributed by atoms with van der Waals surface area (Å²) in [6.07, 6.45) is 2.88. The highest BCUT2D eigenvalue weighted by Crippen LogP contribution is 2.19. The van der Waals surface area contributed by atoms with Gasteiger partial charge in [0.05, 0.1) is 6.61 Å². The van der Waals surface area contributed by atoms with Gasteiger partial charge in [-0.25, -0.2) is 0 Å². The molecular weight excluding hydrogens is 230 g/mol. The molecule has 3 N–H and O–H groups in total. The Morgan fingerprint density at radius 2 is 2.39 bits per heavy atom. The first-order chi connectivity index (χ1) is 8.71. The lowest BCUT2D eigenvalue weighted by Gasteiger charge is -2.37. The molecule has 106 valence electrons. The second-order valence-electron chi connectivity index (χ2n) is 5.01. The van der Waals surface area contributed by atoms with Crippen molar-refractivity contribution in [2.75, 3.05) is 39.9 Å². The lowest BCUT2D eigenvalue weighted by Crippen LogP contribution is -2.48. The van der Waals surface area contributed by atoms with Crippen LogP contribution in [0, 0.1) is 5.92 Å². The van der Waals surface area contributed by atoms with Gasteiger partial charge < -0.3 is 15.8 Å². The highest BCUT2D eigenvalue weighted by molar-refractivity contribution is 5.76. The van der Waals surface area contributed by atoms with E-state index in [0.717, 1.165) is 19.7 Å². The summed E-state index contributed by atoms with van der Waals surface area (Å²) in [5.41, 5.74) is 5.81. The molecule has 2 unspecified atom stereocenters. The van der Waals surface area contributed by atoms with Crippen LogP contribution in [0.25, 0.3) is 0 Å². The normalized spacial score (nSPS) is 22.7. The molecule has 5 heteroatoms. The summed E-state index contributed by atoms with van der Waals surface area (Å²) >= 11 is 0. The molecule has 18 heavy (non-hydrogen) atoms. The number of amides is 1. The van der Waals surface area contributed by atoms with Gasteiger partial charge >= 0.3 is 0 Å². The van der Waals surface area contributed by atoms with E-state index in [4.69, 9.17) is 10.5 Å². The highest BCUT2D eigenvalue weighted by atomic mass is 16.5. The van der Waals surface area contributed by atoms with E-state index in [2.05, 4.69) is 10.2 Å². The molecule has 0 saturated carbocycles. The Labute approximate surface area is 110 Å². The first kappa shape index (κ1) is 15.4. The van der Waals surface area contributed by atoms with Crippen LogP contribution < -0.4 is 11.1 Å². The second-order valence-corrected chi connectivity index (χ2v) is 5.01. The minimum absolute atomic E-state index is 0.0989. The molecule has 1 heterocycles. The Kier molecular flexibility index (Phi) is 7.23. The van der Waals surface area contributed by atoms with Crippen LogP contribution in [0.2, 0.25) is 0 Å². The molecule has 1 aliphatic heterocycles. The number of carbonyl (C=O) groups is 1. The minimum Gasteiger partial charge on any atom is -0.384 e. The van der Waals surface area contributed by atoms with Crippen molar-refractivity contribution >= 4 is 5.91 Å². The molecule has 0 aromatic carbocycles. The van der Waals surface area contributed by atoms with Crippen LogP contribution in [-0.4, -0.2) is 56.7 Å². The molecule has 0 spiro atoms. The highest BCUT2D eigenvalue weighted by Gasteiger charge is 2.26. The van der Waals surface area contributed by atoms with Gasteiger partial charge in [-0.1, -0.05) is 0 Å². The molecule has 1 amide bonds. The van der Waals surface area contributed by atoms with Crippen molar-refractivity contribution in [2.45, 2.75) is 32.2 Å². The van der Waals surface area contributed by atoms with Gasteiger partial charge in [-0.2, -0.15) is 0 Å². The predicted molar refractivity (Wildman–Crippen MR) is 72.3 cm³/mol. The fourth-order valence-electron chi connectivity index (χ4n) is 2.65. The number of methoxy groups -OCH3 is 1. The third-order valence-corrected chi connectivity index (χ3v) is 3.54. The quantitative estimate of drug-likeness (QED) is 0.683. The van der Waals surface area contributed by atoms with Gasteiger partial charge in [0.25, 0.3) is 0 Å². The molecule has 1 saturated heterocycles. The standard InChI is InChI=1S/C13H27N3O2/c1-3-15-13(17)7-12(8-14)16-6-4-5-11(9-16)10-18-2/h11-12H,3-10,14H2,1-2H3,(H,15,17). The number of carbonyl (C=O) groups excluding carboxylic acids is 1. The Balaban J connectivity index is 2.45. The Hall–Kier alpha value is -0.650. The molecule has 0 aromatic rings. The van der Waals surface area contributed by atoms with Crippen molar-refractivity contribution in [3.63, 3.8) is 0 Å². The zero-order valence-electron chi connectivity index (χ0n) is 11.7. The molecule has 0 radical (unpaired) electrons. The van der Waals surface area contributed by atoms with Crippen molar-refractivity contribution in [2.24, 2.45) is 11.7 Å². The Bertz CT molecular complexity index is 246. The lowest BCUT2D eigenvalue weighted by molar-refractivity contribution is -0.122. The van der Waals surface area contributed by atoms with Gasteiger partial charge in [-0.05, 0) is 32.2 Å². The summed E-state index contributed by atoms with van der Waals surface area (Å²) in [6.45, 7) is 6.00. The maximum atomic E-state index is 11.6. The summed E-state index contributed by atoms with van der Waals surface area (Å²) in [4.78, 5) is 14.0. The third-order valence-electron chi connectivity index (χ3n) is 3.54. The lowest BCUT2D eigenvalue weighted by atomic mass is 9.96. The number of hydrogen-bond acceptors (Lipinski definition) is 4. The van der Waals surface area contributed by atoms with E-state index in [0.29, 0.717) is 25.4 Å². The molecule has 5 nitrogen and oxygen atoms in total. The SMILES string of the molecule is CCNC(=O)CC(CN)N1CCCC(COC)C1. The van der Waals surface area contributed by atoms with Crippen LogP contribution in [0.4, 0.5) is 0 Å². The van der Waals surface area contributed by atoms with Crippen molar-refractivity contribution in [3.8, 4) is 0 Å². The number of nitrogens with one attached hydrogen (secondary N) is 1. The summed E-state index contributed by atoms with van der Waals surface area (Å²) in [6, 6.07) is 0.163. The van der Waals surface area contributed by atoms with Crippen molar-refractivity contribution < 1.29 is 9.53 Å². The van der Waals surface area contributed by atoms with Crippen LogP contribution in [-0.2, 0) is 9.53 Å². The molecule has 1 rings (SSSR count). The monoisotopic (exact) mass is 257 g/mol. The van der Waals surface area contributed by atoms with E-state index in [1.54, 1.807) is 7.11 Å². The molecule has 2 atom stereocenters. The number of nitrogens with two attached hydrogens (primary N) is 1. The zero-order chi connectivity index (χ0) is 13.4. The van der Waals surface area contributed by atoms with Crippen LogP contribution >= 0.6 is 0 Å². The van der Waals surface area contributed by atoms with Crippen molar-refractivity contribution in [1.82, 2.24) is 10.2 Å². The number of likely N-dealkylation sites (tertiary alicyclic amines) is 1. The number of nitrogens with zero attached hydrogens (tertiary/aromatic N) is 1. The van der Waals surface area contributed by atoms with Gasteiger partial charge in [0.15, 0.2) is 0 Å². The molecule has 1 aliphatic rings. The smallest absolute Gasteiger partial charge is 0.221 e. The summed E-state index contributed by atoms with van der Waals surface area (Å²) in [5, 5.41) is 2.84. The summed E-state index contributed by atoms with van der Waals surface area (Å²) < 4.78 is 5.23. The van der Waals surface area contributed by atoms with E-state index in [1.165, 1.54) is 12.8 Å². The third kappa shape index (κ3) is 4.92. The van der Waals surface area contributed by atoms with Crippen LogP contribution in [0.5, 0.6) is 0 Å². The molecule has 0 bridgehead atoms. The maximum Gasteiger partial charge on any atom is 0.221 e. The van der Waals surface area contributed by atoms with Crippen molar-refractivity contribution in [3.05, 3.63) is 0 Å². The zero-order valence-corrected chi connectivity index (χ0v) is 11.7. The van der Waals surface area contributed by atoms with E-state index in [1.807, 2.05) is 6.92 Å². The fourth-order valence-corrected chi connectivity index (χ4v) is 2.65. The molecule has 1 fully saturated rings. The molecule has 0 aliphatic carbocycles. The predicted octanol–water partition coefficient (Wildman–Crippen LogP) is 0.198. The number of hydrogen-bond donors (Lipinski definition) is 2. The second kappa shape index (κ2) is 8.45. The Morgan fingerprint density at radius 3 is 3.00 bits per heavy atom. The van der Waals surface area contributed by atoms with Crippen LogP contribution in [0.3, 0.4) is 0 Å². The van der Waals surface area contributed by atoms with Gasteiger partial charge in [0.2, 0.25) is 5.91 Å². The number of piperidine rings is 1. The number of rotatable bonds is 7. The fraction of sp³-hybridized carbons (Fsp3) is 0.923. The van der Waals surface area contributed by atoms with Gasteiger partial charge in [0, 0.05) is 39.2 Å². The summed E-state index contributed by atoms with van der Waals surface area (Å²) in [5.74, 6) is 0.675. The van der Waals surface area contributed by atoms with E-state index < -0.39 is 0 Å². The van der Waals surface area contributed by atoms with E-state index in [-0.39, 0.29) is 11.9 Å². The maximum absolute atomic E-state index is 11.6. The summed E-state index contributed by atoms with van der Waals surface area (Å²) in [7, 11) is 1.74. The topological polar surface area (TPSA) is 67.6 Å². The first-order valence-corrected chi connectivity index (χ1v) is 6.91. The largest absolute Gasteiger partial charge is 0.384 e. The molecule has 0 aromatic heterocycles. The average Bonchev–Trinajstić information content (AvgIpc) is 2.37. The van der Waals surface area contributed by atoms with Gasteiger partial charge in [-0.3, -0.25) is 9.69 Å². The molecular formula is C13H27N3O2. The van der Waals surface area contributed by atoms with Gasteiger partial charge in [-0.15, -0.1) is 0 Å². The van der Waals surface area contributed by atoms with Crippen LogP contribution in [0.15, 0.2) is 0 Å². The average molecular weight is 257 g/mol. The van der Waals surface area contributed by atoms with Crippen molar-refractivity contribution in [1.29, 1.82) is 0 Å². The van der Waals surface area contributed by atoms with Crippen LogP contribution in [0.1, 0.15) is 26.2 Å². The number of ether oxygens (including phenoxy) is 1. The van der Waals surface area contributed by atoms with E-state index >= 15 is 0 Å².